The maximum absolute atomic E-state index is 11.7. The third kappa shape index (κ3) is 2.22. The van der Waals surface area contributed by atoms with Crippen LogP contribution in [0.3, 0.4) is 0 Å². The van der Waals surface area contributed by atoms with Gasteiger partial charge in [0.05, 0.1) is 17.6 Å². The van der Waals surface area contributed by atoms with E-state index in [2.05, 4.69) is 10.3 Å². The summed E-state index contributed by atoms with van der Waals surface area (Å²) >= 11 is 6.09. The van der Waals surface area contributed by atoms with Gasteiger partial charge in [0, 0.05) is 18.0 Å². The van der Waals surface area contributed by atoms with Crippen molar-refractivity contribution in [2.24, 2.45) is 0 Å². The van der Waals surface area contributed by atoms with Gasteiger partial charge in [-0.15, -0.1) is 0 Å². The lowest BCUT2D eigenvalue weighted by molar-refractivity contribution is 0.0951. The Bertz CT molecular complexity index is 563. The Kier molecular flexibility index (Phi) is 3.24. The molecule has 2 aromatic rings. The van der Waals surface area contributed by atoms with E-state index in [0.29, 0.717) is 23.0 Å². The van der Waals surface area contributed by atoms with Crippen LogP contribution in [0, 0.1) is 0 Å². The number of nitrogens with one attached hydrogen (secondary N) is 2. The summed E-state index contributed by atoms with van der Waals surface area (Å²) in [5.74, 6) is 0.530. The Morgan fingerprint density at radius 2 is 2.24 bits per heavy atom. The highest BCUT2D eigenvalue weighted by molar-refractivity contribution is 6.35. The first-order valence-corrected chi connectivity index (χ1v) is 5.68. The molecule has 1 aromatic carbocycles. The SMILES string of the molecule is CCNC(=O)c1cc2cc(OC)cc(Cl)c2[nH]1. The quantitative estimate of drug-likeness (QED) is 0.882. The zero-order valence-corrected chi connectivity index (χ0v) is 10.4. The molecular formula is C12H13ClN2O2. The van der Waals surface area contributed by atoms with E-state index in [1.807, 2.05) is 13.0 Å². The average Bonchev–Trinajstić information content (AvgIpc) is 2.73. The number of carbonyl (C=O) groups is 1. The number of carbonyl (C=O) groups excluding carboxylic acids is 1. The minimum absolute atomic E-state index is 0.140. The molecule has 2 rings (SSSR count). The first-order chi connectivity index (χ1) is 8.15. The van der Waals surface area contributed by atoms with Crippen LogP contribution in [0.4, 0.5) is 0 Å². The highest BCUT2D eigenvalue weighted by Gasteiger charge is 2.11. The molecule has 0 bridgehead atoms. The Balaban J connectivity index is 2.49. The van der Waals surface area contributed by atoms with E-state index in [4.69, 9.17) is 16.3 Å². The molecule has 0 fully saturated rings. The van der Waals surface area contributed by atoms with Gasteiger partial charge >= 0.3 is 0 Å². The Labute approximate surface area is 104 Å². The van der Waals surface area contributed by atoms with Crippen molar-refractivity contribution >= 4 is 28.4 Å². The smallest absolute Gasteiger partial charge is 0.267 e. The summed E-state index contributed by atoms with van der Waals surface area (Å²) in [7, 11) is 1.58. The van der Waals surface area contributed by atoms with Crippen LogP contribution in [0.25, 0.3) is 10.9 Å². The number of halogens is 1. The van der Waals surface area contributed by atoms with Crippen molar-refractivity contribution < 1.29 is 9.53 Å². The number of rotatable bonds is 3. The third-order valence-electron chi connectivity index (χ3n) is 2.47. The molecule has 1 amide bonds. The molecule has 1 aromatic heterocycles. The minimum atomic E-state index is -0.140. The third-order valence-corrected chi connectivity index (χ3v) is 2.77. The maximum Gasteiger partial charge on any atom is 0.267 e. The van der Waals surface area contributed by atoms with Crippen LogP contribution in [-0.2, 0) is 0 Å². The topological polar surface area (TPSA) is 54.1 Å². The van der Waals surface area contributed by atoms with Crippen LogP contribution in [0.5, 0.6) is 5.75 Å². The number of hydrogen-bond donors (Lipinski definition) is 2. The second-order valence-corrected chi connectivity index (χ2v) is 4.02. The van der Waals surface area contributed by atoms with Crippen LogP contribution < -0.4 is 10.1 Å². The number of aromatic nitrogens is 1. The second-order valence-electron chi connectivity index (χ2n) is 3.62. The standard InChI is InChI=1S/C12H13ClN2O2/c1-3-14-12(16)10-5-7-4-8(17-2)6-9(13)11(7)15-10/h4-6,15H,3H2,1-2H3,(H,14,16). The van der Waals surface area contributed by atoms with Crippen LogP contribution in [-0.4, -0.2) is 24.5 Å². The number of benzene rings is 1. The largest absolute Gasteiger partial charge is 0.497 e. The van der Waals surface area contributed by atoms with E-state index in [1.54, 1.807) is 19.2 Å². The van der Waals surface area contributed by atoms with Gasteiger partial charge in [0.2, 0.25) is 0 Å². The van der Waals surface area contributed by atoms with Crippen molar-refractivity contribution in [3.63, 3.8) is 0 Å². The molecule has 0 radical (unpaired) electrons. The summed E-state index contributed by atoms with van der Waals surface area (Å²) in [4.78, 5) is 14.7. The molecule has 0 atom stereocenters. The molecule has 0 aliphatic rings. The lowest BCUT2D eigenvalue weighted by Gasteiger charge is -2.00. The van der Waals surface area contributed by atoms with Crippen molar-refractivity contribution in [1.82, 2.24) is 10.3 Å². The monoisotopic (exact) mass is 252 g/mol. The summed E-state index contributed by atoms with van der Waals surface area (Å²) in [5.41, 5.74) is 1.24. The molecule has 0 unspecified atom stereocenters. The first-order valence-electron chi connectivity index (χ1n) is 5.30. The van der Waals surface area contributed by atoms with Gasteiger partial charge in [-0.25, -0.2) is 0 Å². The molecule has 4 nitrogen and oxygen atoms in total. The fourth-order valence-corrected chi connectivity index (χ4v) is 1.93. The molecule has 0 saturated heterocycles. The fraction of sp³-hybridized carbons (Fsp3) is 0.250. The Morgan fingerprint density at radius 1 is 1.47 bits per heavy atom. The number of methoxy groups -OCH3 is 1. The van der Waals surface area contributed by atoms with E-state index >= 15 is 0 Å². The van der Waals surface area contributed by atoms with Crippen molar-refractivity contribution in [3.8, 4) is 5.75 Å². The minimum Gasteiger partial charge on any atom is -0.497 e. The number of fused-ring (bicyclic) bond motifs is 1. The summed E-state index contributed by atoms with van der Waals surface area (Å²) < 4.78 is 5.12. The van der Waals surface area contributed by atoms with Gasteiger partial charge in [-0.05, 0) is 19.1 Å². The molecule has 5 heteroatoms. The summed E-state index contributed by atoms with van der Waals surface area (Å²) in [6, 6.07) is 5.30. The molecule has 0 spiro atoms. The molecule has 90 valence electrons. The lowest BCUT2D eigenvalue weighted by atomic mass is 10.2. The van der Waals surface area contributed by atoms with Gasteiger partial charge in [0.1, 0.15) is 11.4 Å². The number of amides is 1. The van der Waals surface area contributed by atoms with Gasteiger partial charge in [-0.2, -0.15) is 0 Å². The Morgan fingerprint density at radius 3 is 2.88 bits per heavy atom. The zero-order valence-electron chi connectivity index (χ0n) is 9.63. The first kappa shape index (κ1) is 11.8. The van der Waals surface area contributed by atoms with Gasteiger partial charge in [0.25, 0.3) is 5.91 Å². The molecule has 0 aliphatic heterocycles. The van der Waals surface area contributed by atoms with Crippen molar-refractivity contribution in [2.45, 2.75) is 6.92 Å². The summed E-state index contributed by atoms with van der Waals surface area (Å²) in [6.07, 6.45) is 0. The van der Waals surface area contributed by atoms with Crippen LogP contribution in [0.15, 0.2) is 18.2 Å². The lowest BCUT2D eigenvalue weighted by Crippen LogP contribution is -2.22. The molecule has 0 aliphatic carbocycles. The predicted molar refractivity (Wildman–Crippen MR) is 67.9 cm³/mol. The maximum atomic E-state index is 11.7. The number of H-pyrrole nitrogens is 1. The van der Waals surface area contributed by atoms with Gasteiger partial charge in [0.15, 0.2) is 0 Å². The van der Waals surface area contributed by atoms with Crippen molar-refractivity contribution in [2.75, 3.05) is 13.7 Å². The van der Waals surface area contributed by atoms with E-state index in [0.717, 1.165) is 10.9 Å². The van der Waals surface area contributed by atoms with Gasteiger partial charge < -0.3 is 15.0 Å². The van der Waals surface area contributed by atoms with Crippen LogP contribution in [0.1, 0.15) is 17.4 Å². The number of hydrogen-bond acceptors (Lipinski definition) is 2. The average molecular weight is 253 g/mol. The highest BCUT2D eigenvalue weighted by atomic mass is 35.5. The Hall–Kier alpha value is -1.68. The van der Waals surface area contributed by atoms with E-state index < -0.39 is 0 Å². The van der Waals surface area contributed by atoms with E-state index in [9.17, 15) is 4.79 Å². The number of ether oxygens (including phenoxy) is 1. The van der Waals surface area contributed by atoms with E-state index in [-0.39, 0.29) is 5.91 Å². The molecule has 2 N–H and O–H groups in total. The van der Waals surface area contributed by atoms with Crippen LogP contribution >= 0.6 is 11.6 Å². The van der Waals surface area contributed by atoms with E-state index in [1.165, 1.54) is 0 Å². The predicted octanol–water partition coefficient (Wildman–Crippen LogP) is 2.58. The summed E-state index contributed by atoms with van der Waals surface area (Å²) in [5, 5.41) is 4.12. The number of aromatic amines is 1. The summed E-state index contributed by atoms with van der Waals surface area (Å²) in [6.45, 7) is 2.46. The van der Waals surface area contributed by atoms with Crippen molar-refractivity contribution in [3.05, 3.63) is 28.9 Å². The van der Waals surface area contributed by atoms with Gasteiger partial charge in [-0.1, -0.05) is 11.6 Å². The van der Waals surface area contributed by atoms with Crippen LogP contribution in [0.2, 0.25) is 5.02 Å². The normalized spacial score (nSPS) is 10.5. The zero-order chi connectivity index (χ0) is 12.4. The second kappa shape index (κ2) is 4.67. The molecule has 17 heavy (non-hydrogen) atoms. The molecule has 0 saturated carbocycles. The molecular weight excluding hydrogens is 240 g/mol. The highest BCUT2D eigenvalue weighted by Crippen LogP contribution is 2.29. The fourth-order valence-electron chi connectivity index (χ4n) is 1.67. The van der Waals surface area contributed by atoms with Crippen molar-refractivity contribution in [1.29, 1.82) is 0 Å². The van der Waals surface area contributed by atoms with Gasteiger partial charge in [-0.3, -0.25) is 4.79 Å². The molecule has 1 heterocycles.